The van der Waals surface area contributed by atoms with Crippen molar-refractivity contribution in [2.24, 2.45) is 0 Å². The third-order valence-electron chi connectivity index (χ3n) is 1.83. The maximum Gasteiger partial charge on any atom is 0.358 e. The molecule has 6 heteroatoms. The summed E-state index contributed by atoms with van der Waals surface area (Å²) in [4.78, 5) is 15.1. The second-order valence-corrected chi connectivity index (χ2v) is 2.75. The Morgan fingerprint density at radius 3 is 3.07 bits per heavy atom. The highest BCUT2D eigenvalue weighted by Gasteiger charge is 2.09. The number of rotatable bonds is 1. The fourth-order valence-electron chi connectivity index (χ4n) is 1.15. The van der Waals surface area contributed by atoms with Gasteiger partial charge in [-0.1, -0.05) is 0 Å². The van der Waals surface area contributed by atoms with Gasteiger partial charge >= 0.3 is 5.97 Å². The lowest BCUT2D eigenvalue weighted by Crippen LogP contribution is -2.06. The fraction of sp³-hybridized carbons (Fsp3) is 0.111. The lowest BCUT2D eigenvalue weighted by molar-refractivity contribution is 0.0592. The number of nitrogens with zero attached hydrogens (tertiary/aromatic N) is 4. The van der Waals surface area contributed by atoms with Crippen molar-refractivity contribution >= 4 is 11.6 Å². The van der Waals surface area contributed by atoms with Gasteiger partial charge in [0.25, 0.3) is 0 Å². The van der Waals surface area contributed by atoms with Crippen molar-refractivity contribution in [1.82, 2.24) is 14.6 Å². The van der Waals surface area contributed by atoms with E-state index in [9.17, 15) is 4.79 Å². The van der Waals surface area contributed by atoms with Crippen LogP contribution in [0.5, 0.6) is 0 Å². The number of hydrogen-bond donors (Lipinski definition) is 0. The van der Waals surface area contributed by atoms with Gasteiger partial charge in [-0.15, -0.1) is 0 Å². The quantitative estimate of drug-likeness (QED) is 0.625. The molecule has 0 fully saturated rings. The molecule has 2 aromatic rings. The zero-order valence-corrected chi connectivity index (χ0v) is 7.84. The predicted octanol–water partition coefficient (Wildman–Crippen LogP) is 0.388. The Bertz CT molecular complexity index is 567. The Kier molecular flexibility index (Phi) is 2.06. The average molecular weight is 202 g/mol. The van der Waals surface area contributed by atoms with Gasteiger partial charge in [-0.3, -0.25) is 0 Å². The summed E-state index contributed by atoms with van der Waals surface area (Å²) in [6.07, 6.45) is 1.45. The molecule has 0 aromatic carbocycles. The molecule has 0 N–H and O–H groups in total. The molecule has 0 aliphatic rings. The lowest BCUT2D eigenvalue weighted by Gasteiger charge is -1.97. The maximum atomic E-state index is 11.1. The second-order valence-electron chi connectivity index (χ2n) is 2.75. The summed E-state index contributed by atoms with van der Waals surface area (Å²) < 4.78 is 5.88. The van der Waals surface area contributed by atoms with Crippen LogP contribution in [0.4, 0.5) is 0 Å². The van der Waals surface area contributed by atoms with Crippen LogP contribution in [0.15, 0.2) is 18.3 Å². The summed E-state index contributed by atoms with van der Waals surface area (Å²) in [5.41, 5.74) is 0.940. The third kappa shape index (κ3) is 1.50. The van der Waals surface area contributed by atoms with Crippen LogP contribution in [0.1, 0.15) is 16.2 Å². The van der Waals surface area contributed by atoms with E-state index in [1.54, 1.807) is 6.07 Å². The van der Waals surface area contributed by atoms with Gasteiger partial charge < -0.3 is 4.74 Å². The van der Waals surface area contributed by atoms with E-state index in [1.807, 2.05) is 6.07 Å². The van der Waals surface area contributed by atoms with E-state index < -0.39 is 5.97 Å². The Hall–Kier alpha value is -2.42. The number of hydrogen-bond acceptors (Lipinski definition) is 5. The minimum atomic E-state index is -0.524. The van der Waals surface area contributed by atoms with Crippen molar-refractivity contribution in [3.05, 3.63) is 29.7 Å². The standard InChI is InChI=1S/C9H6N4O2/c1-15-9(14)7-2-3-8-11-6(4-10)5-13(8)12-7/h2-3,5H,1H3. The molecule has 0 radical (unpaired) electrons. The minimum absolute atomic E-state index is 0.173. The molecular formula is C9H6N4O2. The highest BCUT2D eigenvalue weighted by molar-refractivity contribution is 5.87. The Labute approximate surface area is 84.7 Å². The Morgan fingerprint density at radius 2 is 2.40 bits per heavy atom. The summed E-state index contributed by atoms with van der Waals surface area (Å²) >= 11 is 0. The smallest absolute Gasteiger partial charge is 0.358 e. The molecule has 0 saturated heterocycles. The number of carbonyl (C=O) groups is 1. The summed E-state index contributed by atoms with van der Waals surface area (Å²) in [6, 6.07) is 4.98. The van der Waals surface area contributed by atoms with Crippen LogP contribution in [0, 0.1) is 11.3 Å². The molecule has 0 aliphatic heterocycles. The third-order valence-corrected chi connectivity index (χ3v) is 1.83. The van der Waals surface area contributed by atoms with E-state index in [2.05, 4.69) is 14.8 Å². The van der Waals surface area contributed by atoms with Crippen LogP contribution in [0.3, 0.4) is 0 Å². The molecule has 74 valence electrons. The SMILES string of the molecule is COC(=O)c1ccc2nc(C#N)cn2n1. The predicted molar refractivity (Wildman–Crippen MR) is 49.0 cm³/mol. The number of imidazole rings is 1. The topological polar surface area (TPSA) is 80.3 Å². The first-order chi connectivity index (χ1) is 7.24. The van der Waals surface area contributed by atoms with Gasteiger partial charge in [0.1, 0.15) is 6.07 Å². The normalized spacial score (nSPS) is 9.87. The van der Waals surface area contributed by atoms with Gasteiger partial charge in [0.15, 0.2) is 17.0 Å². The summed E-state index contributed by atoms with van der Waals surface area (Å²) in [7, 11) is 1.28. The number of nitriles is 1. The molecular weight excluding hydrogens is 196 g/mol. The van der Waals surface area contributed by atoms with Crippen LogP contribution < -0.4 is 0 Å². The number of methoxy groups -OCH3 is 1. The zero-order valence-electron chi connectivity index (χ0n) is 7.84. The van der Waals surface area contributed by atoms with Crippen LogP contribution in [0.2, 0.25) is 0 Å². The van der Waals surface area contributed by atoms with Crippen LogP contribution in [-0.4, -0.2) is 27.7 Å². The van der Waals surface area contributed by atoms with Crippen molar-refractivity contribution in [1.29, 1.82) is 5.26 Å². The van der Waals surface area contributed by atoms with Crippen molar-refractivity contribution in [2.75, 3.05) is 7.11 Å². The minimum Gasteiger partial charge on any atom is -0.464 e. The number of fused-ring (bicyclic) bond motifs is 1. The van der Waals surface area contributed by atoms with E-state index in [0.717, 1.165) is 0 Å². The molecule has 0 saturated carbocycles. The molecule has 2 heterocycles. The van der Waals surface area contributed by atoms with E-state index in [0.29, 0.717) is 5.65 Å². The molecule has 0 spiro atoms. The van der Waals surface area contributed by atoms with Crippen LogP contribution in [0.25, 0.3) is 5.65 Å². The molecule has 0 amide bonds. The molecule has 0 atom stereocenters. The number of aromatic nitrogens is 3. The van der Waals surface area contributed by atoms with Gasteiger partial charge in [-0.25, -0.2) is 14.3 Å². The maximum absolute atomic E-state index is 11.1. The van der Waals surface area contributed by atoms with Crippen LogP contribution >= 0.6 is 0 Å². The Morgan fingerprint density at radius 1 is 1.60 bits per heavy atom. The number of ether oxygens (including phenoxy) is 1. The summed E-state index contributed by atoms with van der Waals surface area (Å²) in [5, 5.41) is 12.6. The second kappa shape index (κ2) is 3.38. The molecule has 2 aromatic heterocycles. The van der Waals surface area contributed by atoms with Crippen molar-refractivity contribution in [2.45, 2.75) is 0 Å². The Balaban J connectivity index is 2.56. The average Bonchev–Trinajstić information content (AvgIpc) is 2.69. The summed E-state index contributed by atoms with van der Waals surface area (Å²) in [6.45, 7) is 0. The molecule has 6 nitrogen and oxygen atoms in total. The van der Waals surface area contributed by atoms with Gasteiger partial charge in [0.05, 0.1) is 13.3 Å². The molecule has 0 aliphatic carbocycles. The highest BCUT2D eigenvalue weighted by atomic mass is 16.5. The fourth-order valence-corrected chi connectivity index (χ4v) is 1.15. The highest BCUT2D eigenvalue weighted by Crippen LogP contribution is 2.04. The number of carbonyl (C=O) groups excluding carboxylic acids is 1. The largest absolute Gasteiger partial charge is 0.464 e. The van der Waals surface area contributed by atoms with E-state index >= 15 is 0 Å². The van der Waals surface area contributed by atoms with Gasteiger partial charge in [-0.2, -0.15) is 10.4 Å². The first-order valence-electron chi connectivity index (χ1n) is 4.09. The van der Waals surface area contributed by atoms with Gasteiger partial charge in [0, 0.05) is 0 Å². The molecule has 2 rings (SSSR count). The molecule has 0 bridgehead atoms. The lowest BCUT2D eigenvalue weighted by atomic mass is 10.4. The van der Waals surface area contributed by atoms with Crippen molar-refractivity contribution in [3.63, 3.8) is 0 Å². The first kappa shape index (κ1) is 9.15. The number of esters is 1. The van der Waals surface area contributed by atoms with E-state index in [4.69, 9.17) is 5.26 Å². The van der Waals surface area contributed by atoms with Crippen LogP contribution in [-0.2, 0) is 4.74 Å². The van der Waals surface area contributed by atoms with E-state index in [1.165, 1.54) is 23.9 Å². The zero-order chi connectivity index (χ0) is 10.8. The molecule has 0 unspecified atom stereocenters. The van der Waals surface area contributed by atoms with Gasteiger partial charge in [0.2, 0.25) is 0 Å². The van der Waals surface area contributed by atoms with Gasteiger partial charge in [-0.05, 0) is 12.1 Å². The van der Waals surface area contributed by atoms with Crippen molar-refractivity contribution in [3.8, 4) is 6.07 Å². The van der Waals surface area contributed by atoms with E-state index in [-0.39, 0.29) is 11.4 Å². The monoisotopic (exact) mass is 202 g/mol. The molecule has 15 heavy (non-hydrogen) atoms. The first-order valence-corrected chi connectivity index (χ1v) is 4.09. The van der Waals surface area contributed by atoms with Crippen molar-refractivity contribution < 1.29 is 9.53 Å². The summed E-state index contributed by atoms with van der Waals surface area (Å²) in [5.74, 6) is -0.524.